The third kappa shape index (κ3) is 1.39. The molecule has 5 heteroatoms. The van der Waals surface area contributed by atoms with Gasteiger partial charge in [0.1, 0.15) is 5.15 Å². The van der Waals surface area contributed by atoms with Gasteiger partial charge in [-0.15, -0.1) is 0 Å². The zero-order valence-electron chi connectivity index (χ0n) is 5.30. The van der Waals surface area contributed by atoms with Gasteiger partial charge in [-0.05, 0) is 0 Å². The fourth-order valence-corrected chi connectivity index (χ4v) is 1.43. The second kappa shape index (κ2) is 3.18. The fraction of sp³-hybridized carbons (Fsp3) is 0.400. The van der Waals surface area contributed by atoms with E-state index in [1.165, 1.54) is 18.4 Å². The number of nitrogens with zero attached hydrogens (tertiary/aromatic N) is 1. The van der Waals surface area contributed by atoms with E-state index >= 15 is 0 Å². The highest BCUT2D eigenvalue weighted by atomic mass is 35.5. The second-order valence-corrected chi connectivity index (χ2v) is 2.96. The molecule has 0 fully saturated rings. The van der Waals surface area contributed by atoms with Crippen molar-refractivity contribution in [2.75, 3.05) is 7.11 Å². The Hall–Kier alpha value is -0.320. The van der Waals surface area contributed by atoms with Crippen LogP contribution >= 0.6 is 22.9 Å². The van der Waals surface area contributed by atoms with Crippen molar-refractivity contribution >= 4 is 22.9 Å². The van der Waals surface area contributed by atoms with Crippen molar-refractivity contribution in [2.45, 2.75) is 6.61 Å². The van der Waals surface area contributed by atoms with Crippen LogP contribution in [0.1, 0.15) is 4.88 Å². The summed E-state index contributed by atoms with van der Waals surface area (Å²) >= 11 is 6.83. The molecule has 1 rings (SSSR count). The summed E-state index contributed by atoms with van der Waals surface area (Å²) in [4.78, 5) is 4.44. The van der Waals surface area contributed by atoms with Crippen LogP contribution in [0.25, 0.3) is 0 Å². The van der Waals surface area contributed by atoms with Gasteiger partial charge in [0.05, 0.1) is 18.6 Å². The molecule has 0 spiro atoms. The van der Waals surface area contributed by atoms with Crippen molar-refractivity contribution in [3.63, 3.8) is 0 Å². The Morgan fingerprint density at radius 2 is 2.50 bits per heavy atom. The molecule has 3 nitrogen and oxygen atoms in total. The first kappa shape index (κ1) is 7.78. The lowest BCUT2D eigenvalue weighted by atomic mass is 10.6. The Labute approximate surface area is 67.2 Å². The molecule has 10 heavy (non-hydrogen) atoms. The van der Waals surface area contributed by atoms with Gasteiger partial charge in [-0.3, -0.25) is 0 Å². The number of methoxy groups -OCH3 is 1. The van der Waals surface area contributed by atoms with Crippen LogP contribution in [0.3, 0.4) is 0 Å². The topological polar surface area (TPSA) is 42.4 Å². The van der Waals surface area contributed by atoms with E-state index in [0.29, 0.717) is 15.2 Å². The molecular formula is C5H6ClNO2S. The van der Waals surface area contributed by atoms with Gasteiger partial charge in [-0.2, -0.15) is 4.98 Å². The summed E-state index contributed by atoms with van der Waals surface area (Å²) in [6.45, 7) is -0.0835. The molecule has 0 aliphatic heterocycles. The summed E-state index contributed by atoms with van der Waals surface area (Å²) in [7, 11) is 1.51. The van der Waals surface area contributed by atoms with Gasteiger partial charge < -0.3 is 9.84 Å². The predicted molar refractivity (Wildman–Crippen MR) is 39.6 cm³/mol. The summed E-state index contributed by atoms with van der Waals surface area (Å²) in [5.41, 5.74) is 0. The maximum Gasteiger partial charge on any atom is 0.274 e. The lowest BCUT2D eigenvalue weighted by Crippen LogP contribution is -1.78. The van der Waals surface area contributed by atoms with Crippen LogP contribution in [-0.2, 0) is 6.61 Å². The number of aliphatic hydroxyl groups excluding tert-OH is 1. The van der Waals surface area contributed by atoms with Crippen LogP contribution in [-0.4, -0.2) is 17.2 Å². The van der Waals surface area contributed by atoms with E-state index in [4.69, 9.17) is 21.4 Å². The summed E-state index contributed by atoms with van der Waals surface area (Å²) in [6, 6.07) is 0. The standard InChI is InChI=1S/C5H6ClNO2S/c1-9-5-7-4(6)3(2-8)10-5/h8H,2H2,1H3. The van der Waals surface area contributed by atoms with E-state index in [0.717, 1.165) is 0 Å². The highest BCUT2D eigenvalue weighted by Gasteiger charge is 2.06. The molecule has 0 saturated carbocycles. The molecule has 1 aromatic rings. The normalized spacial score (nSPS) is 9.90. The molecule has 0 saturated heterocycles. The van der Waals surface area contributed by atoms with Crippen molar-refractivity contribution in [3.05, 3.63) is 10.0 Å². The average Bonchev–Trinajstić information content (AvgIpc) is 2.30. The van der Waals surface area contributed by atoms with E-state index in [-0.39, 0.29) is 6.61 Å². The summed E-state index contributed by atoms with van der Waals surface area (Å²) in [5, 5.41) is 9.46. The van der Waals surface area contributed by atoms with Crippen LogP contribution in [0.5, 0.6) is 5.19 Å². The van der Waals surface area contributed by atoms with Crippen molar-refractivity contribution in [3.8, 4) is 5.19 Å². The molecular weight excluding hydrogens is 174 g/mol. The molecule has 0 amide bonds. The summed E-state index contributed by atoms with van der Waals surface area (Å²) < 4.78 is 4.79. The molecule has 0 aromatic carbocycles. The Morgan fingerprint density at radius 3 is 2.80 bits per heavy atom. The summed E-state index contributed by atoms with van der Waals surface area (Å²) in [6.07, 6.45) is 0. The van der Waals surface area contributed by atoms with Gasteiger partial charge in [0, 0.05) is 0 Å². The Balaban J connectivity index is 2.92. The van der Waals surface area contributed by atoms with E-state index < -0.39 is 0 Å². The van der Waals surface area contributed by atoms with Crippen LogP contribution < -0.4 is 4.74 Å². The molecule has 0 bridgehead atoms. The first-order valence-corrected chi connectivity index (χ1v) is 3.77. The van der Waals surface area contributed by atoms with Crippen molar-refractivity contribution in [1.82, 2.24) is 4.98 Å². The SMILES string of the molecule is COc1nc(Cl)c(CO)s1. The minimum Gasteiger partial charge on any atom is -0.473 e. The first-order chi connectivity index (χ1) is 4.77. The van der Waals surface area contributed by atoms with Gasteiger partial charge in [0.25, 0.3) is 5.19 Å². The Bertz CT molecular complexity index is 225. The maximum absolute atomic E-state index is 8.66. The van der Waals surface area contributed by atoms with Crippen molar-refractivity contribution < 1.29 is 9.84 Å². The van der Waals surface area contributed by atoms with Gasteiger partial charge in [0.2, 0.25) is 0 Å². The van der Waals surface area contributed by atoms with Gasteiger partial charge in [-0.1, -0.05) is 22.9 Å². The summed E-state index contributed by atoms with van der Waals surface area (Å²) in [5.74, 6) is 0. The molecule has 1 aromatic heterocycles. The zero-order valence-corrected chi connectivity index (χ0v) is 6.87. The first-order valence-electron chi connectivity index (χ1n) is 2.58. The molecule has 0 aliphatic carbocycles. The smallest absolute Gasteiger partial charge is 0.274 e. The largest absolute Gasteiger partial charge is 0.473 e. The molecule has 1 N–H and O–H groups in total. The number of ether oxygens (including phenoxy) is 1. The van der Waals surface area contributed by atoms with Crippen LogP contribution in [0.4, 0.5) is 0 Å². The highest BCUT2D eigenvalue weighted by Crippen LogP contribution is 2.27. The number of hydrogen-bond donors (Lipinski definition) is 1. The third-order valence-corrected chi connectivity index (χ3v) is 2.37. The lowest BCUT2D eigenvalue weighted by molar-refractivity contribution is 0.285. The van der Waals surface area contributed by atoms with Crippen LogP contribution in [0, 0.1) is 0 Å². The number of aliphatic hydroxyl groups is 1. The number of aromatic nitrogens is 1. The highest BCUT2D eigenvalue weighted by molar-refractivity contribution is 7.13. The lowest BCUT2D eigenvalue weighted by Gasteiger charge is -1.85. The number of halogens is 1. The quantitative estimate of drug-likeness (QED) is 0.744. The second-order valence-electron chi connectivity index (χ2n) is 1.56. The molecule has 0 radical (unpaired) electrons. The average molecular weight is 180 g/mol. The van der Waals surface area contributed by atoms with Crippen LogP contribution in [0.2, 0.25) is 5.15 Å². The number of thiazole rings is 1. The minimum absolute atomic E-state index is 0.0835. The number of hydrogen-bond acceptors (Lipinski definition) is 4. The van der Waals surface area contributed by atoms with Gasteiger partial charge in [-0.25, -0.2) is 0 Å². The van der Waals surface area contributed by atoms with E-state index in [1.807, 2.05) is 0 Å². The Morgan fingerprint density at radius 1 is 1.80 bits per heavy atom. The maximum atomic E-state index is 8.66. The molecule has 0 aliphatic rings. The van der Waals surface area contributed by atoms with Gasteiger partial charge >= 0.3 is 0 Å². The Kier molecular flexibility index (Phi) is 2.48. The fourth-order valence-electron chi connectivity index (χ4n) is 0.498. The van der Waals surface area contributed by atoms with E-state index in [2.05, 4.69) is 4.98 Å². The molecule has 0 unspecified atom stereocenters. The zero-order chi connectivity index (χ0) is 7.56. The van der Waals surface area contributed by atoms with Crippen molar-refractivity contribution in [1.29, 1.82) is 0 Å². The van der Waals surface area contributed by atoms with Gasteiger partial charge in [0.15, 0.2) is 0 Å². The van der Waals surface area contributed by atoms with E-state index in [1.54, 1.807) is 0 Å². The monoisotopic (exact) mass is 179 g/mol. The van der Waals surface area contributed by atoms with Crippen molar-refractivity contribution in [2.24, 2.45) is 0 Å². The molecule has 56 valence electrons. The predicted octanol–water partition coefficient (Wildman–Crippen LogP) is 1.30. The number of rotatable bonds is 2. The molecule has 0 atom stereocenters. The van der Waals surface area contributed by atoms with Crippen LogP contribution in [0.15, 0.2) is 0 Å². The third-order valence-electron chi connectivity index (χ3n) is 0.948. The molecule has 1 heterocycles. The minimum atomic E-state index is -0.0835. The van der Waals surface area contributed by atoms with E-state index in [9.17, 15) is 0 Å².